The second kappa shape index (κ2) is 6.19. The third kappa shape index (κ3) is 2.59. The van der Waals surface area contributed by atoms with Gasteiger partial charge in [-0.05, 0) is 56.0 Å². The average molecular weight is 377 g/mol. The Balaban J connectivity index is 1.83. The van der Waals surface area contributed by atoms with Crippen LogP contribution in [0.3, 0.4) is 0 Å². The molecule has 1 spiro atoms. The summed E-state index contributed by atoms with van der Waals surface area (Å²) in [6.45, 7) is 5.96. The number of anilines is 2. The van der Waals surface area contributed by atoms with Crippen molar-refractivity contribution in [1.29, 1.82) is 0 Å². The number of fused-ring (bicyclic) bond motifs is 1. The third-order valence-corrected chi connectivity index (χ3v) is 5.72. The lowest BCUT2D eigenvalue weighted by Gasteiger charge is -2.45. The molecule has 0 radical (unpaired) electrons. The van der Waals surface area contributed by atoms with Gasteiger partial charge in [0, 0.05) is 19.3 Å². The molecule has 28 heavy (non-hydrogen) atoms. The lowest BCUT2D eigenvalue weighted by molar-refractivity contribution is -0.142. The van der Waals surface area contributed by atoms with Crippen molar-refractivity contribution < 1.29 is 14.4 Å². The van der Waals surface area contributed by atoms with E-state index in [4.69, 9.17) is 0 Å². The van der Waals surface area contributed by atoms with E-state index >= 15 is 0 Å². The van der Waals surface area contributed by atoms with Crippen LogP contribution >= 0.6 is 0 Å². The van der Waals surface area contributed by atoms with Gasteiger partial charge in [-0.2, -0.15) is 0 Å². The molecule has 2 aliphatic rings. The Morgan fingerprint density at radius 2 is 1.61 bits per heavy atom. The van der Waals surface area contributed by atoms with Gasteiger partial charge in [0.1, 0.15) is 0 Å². The summed E-state index contributed by atoms with van der Waals surface area (Å²) in [5.74, 6) is -0.989. The van der Waals surface area contributed by atoms with Crippen LogP contribution in [0.25, 0.3) is 0 Å². The number of carbonyl (C=O) groups excluding carboxylic acids is 3. The smallest absolute Gasteiger partial charge is 0.335 e. The highest BCUT2D eigenvalue weighted by Crippen LogP contribution is 2.41. The molecule has 0 aromatic heterocycles. The van der Waals surface area contributed by atoms with E-state index in [9.17, 15) is 14.4 Å². The Labute approximate surface area is 164 Å². The van der Waals surface area contributed by atoms with Crippen LogP contribution in [0, 0.1) is 26.2 Å². The quantitative estimate of drug-likeness (QED) is 0.776. The van der Waals surface area contributed by atoms with Crippen LogP contribution in [0.2, 0.25) is 0 Å². The lowest BCUT2D eigenvalue weighted by atomic mass is 9.74. The SMILES string of the molecule is Cc1ccc2c(c1)C[C@]1(CN2C)C(=O)NC(=O)N(c2cc(C)ccc2C)C1=O. The summed E-state index contributed by atoms with van der Waals surface area (Å²) < 4.78 is 0. The molecule has 144 valence electrons. The van der Waals surface area contributed by atoms with Crippen molar-refractivity contribution in [2.24, 2.45) is 5.41 Å². The molecule has 4 amide bonds. The predicted molar refractivity (Wildman–Crippen MR) is 108 cm³/mol. The summed E-state index contributed by atoms with van der Waals surface area (Å²) in [7, 11) is 1.87. The summed E-state index contributed by atoms with van der Waals surface area (Å²) in [5.41, 5.74) is 3.94. The molecule has 0 unspecified atom stereocenters. The summed E-state index contributed by atoms with van der Waals surface area (Å²) in [5, 5.41) is 2.43. The van der Waals surface area contributed by atoms with E-state index in [1.54, 1.807) is 6.07 Å². The number of hydrogen-bond donors (Lipinski definition) is 1. The zero-order chi connectivity index (χ0) is 20.2. The topological polar surface area (TPSA) is 69.7 Å². The van der Waals surface area contributed by atoms with E-state index in [0.29, 0.717) is 5.69 Å². The highest BCUT2D eigenvalue weighted by Gasteiger charge is 2.56. The molecule has 1 saturated heterocycles. The standard InChI is InChI=1S/C22H23N3O3/c1-13-6-8-17-16(9-13)11-22(12-24(17)4)19(26)23-21(28)25(20(22)27)18-10-14(2)5-7-15(18)3/h5-10H,11-12H2,1-4H3,(H,23,26,28)/t22-/m0/s1. The van der Waals surface area contributed by atoms with Crippen LogP contribution < -0.4 is 15.1 Å². The first-order chi connectivity index (χ1) is 13.2. The number of amides is 4. The molecule has 1 fully saturated rings. The van der Waals surface area contributed by atoms with Gasteiger partial charge in [0.15, 0.2) is 5.41 Å². The Morgan fingerprint density at radius 3 is 2.36 bits per heavy atom. The van der Waals surface area contributed by atoms with Gasteiger partial charge in [-0.15, -0.1) is 0 Å². The molecule has 2 aromatic carbocycles. The maximum absolute atomic E-state index is 13.6. The van der Waals surface area contributed by atoms with E-state index in [1.807, 2.05) is 63.1 Å². The Hall–Kier alpha value is -3.15. The molecule has 2 aliphatic heterocycles. The van der Waals surface area contributed by atoms with Gasteiger partial charge in [0.2, 0.25) is 5.91 Å². The van der Waals surface area contributed by atoms with Gasteiger partial charge in [-0.25, -0.2) is 9.69 Å². The number of nitrogens with zero attached hydrogens (tertiary/aromatic N) is 2. The largest absolute Gasteiger partial charge is 0.373 e. The number of nitrogens with one attached hydrogen (secondary N) is 1. The van der Waals surface area contributed by atoms with Crippen molar-refractivity contribution in [1.82, 2.24) is 5.32 Å². The van der Waals surface area contributed by atoms with Gasteiger partial charge >= 0.3 is 6.03 Å². The molecule has 4 rings (SSSR count). The van der Waals surface area contributed by atoms with Crippen molar-refractivity contribution in [3.63, 3.8) is 0 Å². The zero-order valence-electron chi connectivity index (χ0n) is 16.5. The highest BCUT2D eigenvalue weighted by atomic mass is 16.2. The first-order valence-corrected chi connectivity index (χ1v) is 9.31. The van der Waals surface area contributed by atoms with E-state index in [0.717, 1.165) is 32.8 Å². The number of benzene rings is 2. The van der Waals surface area contributed by atoms with Crippen LogP contribution in [0.1, 0.15) is 22.3 Å². The molecule has 6 heteroatoms. The molecule has 6 nitrogen and oxygen atoms in total. The van der Waals surface area contributed by atoms with Gasteiger partial charge in [-0.3, -0.25) is 14.9 Å². The third-order valence-electron chi connectivity index (χ3n) is 5.72. The lowest BCUT2D eigenvalue weighted by Crippen LogP contribution is -2.68. The van der Waals surface area contributed by atoms with E-state index in [2.05, 4.69) is 5.32 Å². The van der Waals surface area contributed by atoms with Crippen molar-refractivity contribution >= 4 is 29.2 Å². The molecule has 0 aliphatic carbocycles. The molecule has 1 atom stereocenters. The van der Waals surface area contributed by atoms with Crippen molar-refractivity contribution in [2.45, 2.75) is 27.2 Å². The fourth-order valence-electron chi connectivity index (χ4n) is 4.25. The second-order valence-electron chi connectivity index (χ2n) is 7.94. The van der Waals surface area contributed by atoms with Gasteiger partial charge < -0.3 is 4.90 Å². The minimum absolute atomic E-state index is 0.225. The van der Waals surface area contributed by atoms with Gasteiger partial charge in [0.25, 0.3) is 5.91 Å². The summed E-state index contributed by atoms with van der Waals surface area (Å²) in [6.07, 6.45) is 0.271. The number of barbiturate groups is 1. The van der Waals surface area contributed by atoms with Crippen molar-refractivity contribution in [3.05, 3.63) is 58.7 Å². The minimum atomic E-state index is -1.33. The summed E-state index contributed by atoms with van der Waals surface area (Å²) in [6, 6.07) is 11.0. The number of aryl methyl sites for hydroxylation is 3. The Bertz CT molecular complexity index is 1030. The van der Waals surface area contributed by atoms with Crippen LogP contribution in [0.5, 0.6) is 0 Å². The van der Waals surface area contributed by atoms with E-state index < -0.39 is 23.3 Å². The molecular weight excluding hydrogens is 354 g/mol. The number of rotatable bonds is 1. The van der Waals surface area contributed by atoms with E-state index in [1.165, 1.54) is 0 Å². The number of carbonyl (C=O) groups is 3. The Morgan fingerprint density at radius 1 is 0.929 bits per heavy atom. The molecular formula is C22H23N3O3. The minimum Gasteiger partial charge on any atom is -0.373 e. The fourth-order valence-corrected chi connectivity index (χ4v) is 4.25. The molecule has 0 saturated carbocycles. The predicted octanol–water partition coefficient (Wildman–Crippen LogP) is 2.87. The van der Waals surface area contributed by atoms with Crippen molar-refractivity contribution in [2.75, 3.05) is 23.4 Å². The molecule has 0 bridgehead atoms. The maximum Gasteiger partial charge on any atom is 0.335 e. The number of hydrogen-bond acceptors (Lipinski definition) is 4. The fraction of sp³-hybridized carbons (Fsp3) is 0.318. The average Bonchev–Trinajstić information content (AvgIpc) is 2.63. The number of urea groups is 1. The van der Waals surface area contributed by atoms with Crippen molar-refractivity contribution in [3.8, 4) is 0 Å². The van der Waals surface area contributed by atoms with Gasteiger partial charge in [-0.1, -0.05) is 29.8 Å². The molecule has 1 N–H and O–H groups in total. The summed E-state index contributed by atoms with van der Waals surface area (Å²) in [4.78, 5) is 42.3. The molecule has 2 heterocycles. The van der Waals surface area contributed by atoms with Crippen LogP contribution in [-0.2, 0) is 16.0 Å². The monoisotopic (exact) mass is 377 g/mol. The first kappa shape index (κ1) is 18.2. The normalized spacial score (nSPS) is 21.8. The first-order valence-electron chi connectivity index (χ1n) is 9.31. The van der Waals surface area contributed by atoms with Crippen LogP contribution in [-0.4, -0.2) is 31.4 Å². The summed E-state index contributed by atoms with van der Waals surface area (Å²) >= 11 is 0. The number of imide groups is 2. The Kier molecular flexibility index (Phi) is 4.03. The zero-order valence-corrected chi connectivity index (χ0v) is 16.5. The van der Waals surface area contributed by atoms with Crippen LogP contribution in [0.4, 0.5) is 16.2 Å². The van der Waals surface area contributed by atoms with Gasteiger partial charge in [0.05, 0.1) is 5.69 Å². The highest BCUT2D eigenvalue weighted by molar-refractivity contribution is 6.30. The second-order valence-corrected chi connectivity index (χ2v) is 7.94. The maximum atomic E-state index is 13.6. The molecule has 2 aromatic rings. The van der Waals surface area contributed by atoms with E-state index in [-0.39, 0.29) is 13.0 Å². The van der Waals surface area contributed by atoms with Crippen LogP contribution in [0.15, 0.2) is 36.4 Å².